The first kappa shape index (κ1) is 12.4. The lowest BCUT2D eigenvalue weighted by molar-refractivity contribution is 0.342. The lowest BCUT2D eigenvalue weighted by atomic mass is 10.4. The summed E-state index contributed by atoms with van der Waals surface area (Å²) in [6.07, 6.45) is 1.17. The van der Waals surface area contributed by atoms with E-state index in [4.69, 9.17) is 10.5 Å². The largest absolute Gasteiger partial charge is 0.487 e. The number of nitrogens with two attached hydrogens (primary N) is 1. The number of nitrogens with zero attached hydrogens (tertiary/aromatic N) is 3. The number of rotatable bonds is 3. The van der Waals surface area contributed by atoms with Crippen LogP contribution in [-0.2, 0) is 0 Å². The van der Waals surface area contributed by atoms with Gasteiger partial charge in [0.25, 0.3) is 0 Å². The number of hydrogen-bond acceptors (Lipinski definition) is 6. The van der Waals surface area contributed by atoms with Crippen molar-refractivity contribution in [3.05, 3.63) is 0 Å². The topological polar surface area (TPSA) is 54.6 Å². The lowest BCUT2D eigenvalue weighted by Crippen LogP contribution is -2.28. The molecule has 0 atom stereocenters. The Bertz CT molecular complexity index is 368. The fraction of sp³-hybridized carbons (Fsp3) is 0.727. The molecule has 96 valence electrons. The van der Waals surface area contributed by atoms with Gasteiger partial charge in [-0.15, -0.1) is 0 Å². The zero-order chi connectivity index (χ0) is 12.3. The molecule has 1 saturated heterocycles. The Balaban J connectivity index is 2.15. The van der Waals surface area contributed by atoms with Crippen LogP contribution in [0.4, 0.5) is 10.8 Å². The number of likely N-dealkylation sites (N-methyl/N-ethyl adjacent to an activating group) is 1. The van der Waals surface area contributed by atoms with Crippen molar-refractivity contribution in [1.29, 1.82) is 0 Å². The van der Waals surface area contributed by atoms with Gasteiger partial charge in [0.1, 0.15) is 0 Å². The van der Waals surface area contributed by atoms with Crippen LogP contribution in [0, 0.1) is 0 Å². The van der Waals surface area contributed by atoms with Crippen molar-refractivity contribution < 1.29 is 4.74 Å². The molecule has 2 rings (SSSR count). The van der Waals surface area contributed by atoms with Crippen molar-refractivity contribution in [2.75, 3.05) is 50.5 Å². The van der Waals surface area contributed by atoms with Crippen LogP contribution in [0.1, 0.15) is 13.3 Å². The summed E-state index contributed by atoms with van der Waals surface area (Å²) < 4.78 is 9.80. The van der Waals surface area contributed by atoms with Gasteiger partial charge in [-0.25, -0.2) is 0 Å². The molecule has 0 bridgehead atoms. The predicted octanol–water partition coefficient (Wildman–Crippen LogP) is 1.27. The molecule has 2 heterocycles. The van der Waals surface area contributed by atoms with Gasteiger partial charge in [0.2, 0.25) is 0 Å². The summed E-state index contributed by atoms with van der Waals surface area (Å²) in [7, 11) is 2.16. The van der Waals surface area contributed by atoms with Gasteiger partial charge in [-0.3, -0.25) is 0 Å². The summed E-state index contributed by atoms with van der Waals surface area (Å²) in [5.41, 5.74) is 5.84. The van der Waals surface area contributed by atoms with Crippen molar-refractivity contribution in [2.45, 2.75) is 13.3 Å². The van der Waals surface area contributed by atoms with E-state index in [-0.39, 0.29) is 0 Å². The van der Waals surface area contributed by atoms with E-state index in [0.717, 1.165) is 36.9 Å². The van der Waals surface area contributed by atoms with E-state index in [2.05, 4.69) is 21.2 Å². The normalized spacial score (nSPS) is 18.1. The molecule has 1 aliphatic heterocycles. The molecule has 0 unspecified atom stereocenters. The highest BCUT2D eigenvalue weighted by Crippen LogP contribution is 2.38. The maximum Gasteiger partial charge on any atom is 0.197 e. The summed E-state index contributed by atoms with van der Waals surface area (Å²) in [5.74, 6) is 1.28. The van der Waals surface area contributed by atoms with Crippen molar-refractivity contribution in [3.63, 3.8) is 0 Å². The number of nitrogen functional groups attached to an aromatic ring is 1. The van der Waals surface area contributed by atoms with Crippen molar-refractivity contribution in [3.8, 4) is 5.75 Å². The summed E-state index contributed by atoms with van der Waals surface area (Å²) in [4.78, 5) is 4.69. The van der Waals surface area contributed by atoms with Crippen molar-refractivity contribution in [1.82, 2.24) is 9.27 Å². The van der Waals surface area contributed by atoms with Gasteiger partial charge >= 0.3 is 0 Å². The molecule has 1 aliphatic rings. The number of hydrogen-bond donors (Lipinski definition) is 1. The Morgan fingerprint density at radius 1 is 1.35 bits per heavy atom. The highest BCUT2D eigenvalue weighted by Gasteiger charge is 2.21. The number of anilines is 2. The second-order valence-corrected chi connectivity index (χ2v) is 5.03. The number of ether oxygens (including phenoxy) is 1. The first-order valence-corrected chi connectivity index (χ1v) is 6.81. The third-order valence-corrected chi connectivity index (χ3v) is 3.86. The van der Waals surface area contributed by atoms with Crippen LogP contribution >= 0.6 is 11.5 Å². The SMILES string of the molecule is CCOc1c(N)nsc1N1CCCN(C)CC1. The van der Waals surface area contributed by atoms with Crippen LogP contribution in [0.5, 0.6) is 5.75 Å². The van der Waals surface area contributed by atoms with E-state index in [1.165, 1.54) is 18.0 Å². The molecule has 0 radical (unpaired) electrons. The van der Waals surface area contributed by atoms with Crippen LogP contribution < -0.4 is 15.4 Å². The third kappa shape index (κ3) is 2.81. The van der Waals surface area contributed by atoms with Crippen LogP contribution in [0.3, 0.4) is 0 Å². The lowest BCUT2D eigenvalue weighted by Gasteiger charge is -2.21. The molecule has 2 N–H and O–H groups in total. The second-order valence-electron chi connectivity index (χ2n) is 4.28. The van der Waals surface area contributed by atoms with E-state index in [1.807, 2.05) is 6.92 Å². The molecule has 1 fully saturated rings. The standard InChI is InChI=1S/C11H20N4OS/c1-3-16-9-10(12)13-17-11(9)15-6-4-5-14(2)7-8-15/h3-8H2,1-2H3,(H2,12,13). The number of aromatic nitrogens is 1. The van der Waals surface area contributed by atoms with Crippen molar-refractivity contribution in [2.24, 2.45) is 0 Å². The zero-order valence-corrected chi connectivity index (χ0v) is 11.3. The molecule has 0 amide bonds. The average molecular weight is 256 g/mol. The molecule has 5 nitrogen and oxygen atoms in total. The van der Waals surface area contributed by atoms with Crippen LogP contribution in [0.15, 0.2) is 0 Å². The Kier molecular flexibility index (Phi) is 4.06. The Hall–Kier alpha value is -1.01. The molecular weight excluding hydrogens is 236 g/mol. The predicted molar refractivity (Wildman–Crippen MR) is 72.0 cm³/mol. The monoisotopic (exact) mass is 256 g/mol. The fourth-order valence-corrected chi connectivity index (χ4v) is 2.83. The Labute approximate surface area is 106 Å². The van der Waals surface area contributed by atoms with Crippen LogP contribution in [0.2, 0.25) is 0 Å². The first-order valence-electron chi connectivity index (χ1n) is 6.03. The van der Waals surface area contributed by atoms with Gasteiger partial charge in [-0.05, 0) is 38.5 Å². The summed E-state index contributed by atoms with van der Waals surface area (Å²) in [6.45, 7) is 6.88. The highest BCUT2D eigenvalue weighted by molar-refractivity contribution is 7.11. The van der Waals surface area contributed by atoms with E-state index in [9.17, 15) is 0 Å². The minimum Gasteiger partial charge on any atom is -0.487 e. The first-order chi connectivity index (χ1) is 8.22. The molecule has 0 spiro atoms. The summed E-state index contributed by atoms with van der Waals surface area (Å²) >= 11 is 1.44. The van der Waals surface area contributed by atoms with Gasteiger partial charge in [-0.2, -0.15) is 4.37 Å². The highest BCUT2D eigenvalue weighted by atomic mass is 32.1. The van der Waals surface area contributed by atoms with Gasteiger partial charge in [0, 0.05) is 19.6 Å². The second kappa shape index (κ2) is 5.55. The van der Waals surface area contributed by atoms with Crippen LogP contribution in [-0.4, -0.2) is 49.1 Å². The summed E-state index contributed by atoms with van der Waals surface area (Å²) in [5, 5.41) is 1.08. The molecular formula is C11H20N4OS. The van der Waals surface area contributed by atoms with Gasteiger partial charge in [0.05, 0.1) is 6.61 Å². The van der Waals surface area contributed by atoms with E-state index >= 15 is 0 Å². The Morgan fingerprint density at radius 2 is 2.18 bits per heavy atom. The van der Waals surface area contributed by atoms with E-state index < -0.39 is 0 Å². The Morgan fingerprint density at radius 3 is 2.94 bits per heavy atom. The molecule has 0 saturated carbocycles. The van der Waals surface area contributed by atoms with Gasteiger partial charge in [-0.1, -0.05) is 0 Å². The minimum atomic E-state index is 0.518. The molecule has 1 aromatic heterocycles. The summed E-state index contributed by atoms with van der Waals surface area (Å²) in [6, 6.07) is 0. The molecule has 1 aromatic rings. The molecule has 17 heavy (non-hydrogen) atoms. The minimum absolute atomic E-state index is 0.518. The quantitative estimate of drug-likeness (QED) is 0.882. The maximum atomic E-state index is 5.84. The molecule has 0 aromatic carbocycles. The van der Waals surface area contributed by atoms with Crippen molar-refractivity contribution >= 4 is 22.4 Å². The third-order valence-electron chi connectivity index (χ3n) is 2.95. The molecule has 6 heteroatoms. The van der Waals surface area contributed by atoms with Gasteiger partial charge < -0.3 is 20.3 Å². The zero-order valence-electron chi connectivity index (χ0n) is 10.5. The van der Waals surface area contributed by atoms with E-state index in [1.54, 1.807) is 0 Å². The molecule has 0 aliphatic carbocycles. The smallest absolute Gasteiger partial charge is 0.197 e. The van der Waals surface area contributed by atoms with Crippen LogP contribution in [0.25, 0.3) is 0 Å². The fourth-order valence-electron chi connectivity index (χ4n) is 2.02. The van der Waals surface area contributed by atoms with Gasteiger partial charge in [0.15, 0.2) is 16.6 Å². The van der Waals surface area contributed by atoms with E-state index in [0.29, 0.717) is 12.4 Å². The average Bonchev–Trinajstić information content (AvgIpc) is 2.54. The maximum absolute atomic E-state index is 5.84.